The number of alkyl halides is 3. The lowest BCUT2D eigenvalue weighted by Gasteiger charge is -2.29. The van der Waals surface area contributed by atoms with Crippen LogP contribution in [0.3, 0.4) is 0 Å². The molecule has 2 atom stereocenters. The Hall–Kier alpha value is -1.27. The van der Waals surface area contributed by atoms with E-state index >= 15 is 0 Å². The quantitative estimate of drug-likeness (QED) is 0.889. The van der Waals surface area contributed by atoms with Crippen LogP contribution in [0.2, 0.25) is 0 Å². The molecule has 22 heavy (non-hydrogen) atoms. The lowest BCUT2D eigenvalue weighted by Crippen LogP contribution is -2.44. The number of carbonyl (C=O) groups excluding carboxylic acids is 1. The first kappa shape index (κ1) is 18.8. The predicted octanol–water partition coefficient (Wildman–Crippen LogP) is 3.25. The van der Waals surface area contributed by atoms with E-state index in [1.165, 1.54) is 18.2 Å². The van der Waals surface area contributed by atoms with Crippen molar-refractivity contribution in [2.75, 3.05) is 13.1 Å². The van der Waals surface area contributed by atoms with Gasteiger partial charge in [-0.05, 0) is 50.9 Å². The van der Waals surface area contributed by atoms with Gasteiger partial charge in [0.15, 0.2) is 0 Å². The van der Waals surface area contributed by atoms with Gasteiger partial charge in [0.05, 0.1) is 11.1 Å². The molecular formula is C15H20ClF3N2O. The van der Waals surface area contributed by atoms with E-state index in [1.54, 1.807) is 0 Å². The molecule has 1 aromatic carbocycles. The Morgan fingerprint density at radius 3 is 2.64 bits per heavy atom. The largest absolute Gasteiger partial charge is 0.417 e. The van der Waals surface area contributed by atoms with Crippen molar-refractivity contribution in [2.45, 2.75) is 32.0 Å². The second-order valence-electron chi connectivity index (χ2n) is 5.41. The molecule has 7 heteroatoms. The highest BCUT2D eigenvalue weighted by atomic mass is 35.5. The monoisotopic (exact) mass is 336 g/mol. The topological polar surface area (TPSA) is 41.1 Å². The summed E-state index contributed by atoms with van der Waals surface area (Å²) in [6, 6.07) is 4.71. The second-order valence-corrected chi connectivity index (χ2v) is 5.41. The van der Waals surface area contributed by atoms with Gasteiger partial charge in [-0.2, -0.15) is 13.2 Å². The summed E-state index contributed by atoms with van der Waals surface area (Å²) in [4.78, 5) is 12.1. The average Bonchev–Trinajstić information content (AvgIpc) is 2.47. The molecule has 0 bridgehead atoms. The molecule has 2 rings (SSSR count). The first-order valence-corrected chi connectivity index (χ1v) is 7.07. The van der Waals surface area contributed by atoms with Crippen LogP contribution in [-0.2, 0) is 6.18 Å². The van der Waals surface area contributed by atoms with Gasteiger partial charge >= 0.3 is 6.18 Å². The van der Waals surface area contributed by atoms with Gasteiger partial charge in [-0.25, -0.2) is 0 Å². The van der Waals surface area contributed by atoms with Gasteiger partial charge in [0.1, 0.15) is 0 Å². The van der Waals surface area contributed by atoms with Gasteiger partial charge < -0.3 is 10.6 Å². The van der Waals surface area contributed by atoms with Crippen molar-refractivity contribution in [3.8, 4) is 0 Å². The Kier molecular flexibility index (Phi) is 6.68. The van der Waals surface area contributed by atoms with Crippen molar-refractivity contribution in [1.29, 1.82) is 0 Å². The van der Waals surface area contributed by atoms with E-state index in [-0.39, 0.29) is 29.9 Å². The van der Waals surface area contributed by atoms with E-state index < -0.39 is 17.6 Å². The number of carbonyl (C=O) groups is 1. The van der Waals surface area contributed by atoms with Crippen molar-refractivity contribution in [3.63, 3.8) is 0 Å². The Bertz CT molecular complexity index is 502. The maximum atomic E-state index is 12.9. The maximum absolute atomic E-state index is 12.9. The Balaban J connectivity index is 0.00000242. The van der Waals surface area contributed by atoms with Gasteiger partial charge in [-0.15, -0.1) is 12.4 Å². The minimum absolute atomic E-state index is 0. The van der Waals surface area contributed by atoms with E-state index in [1.807, 2.05) is 6.92 Å². The van der Waals surface area contributed by atoms with Gasteiger partial charge in [-0.1, -0.05) is 12.1 Å². The zero-order valence-corrected chi connectivity index (χ0v) is 13.1. The zero-order valence-electron chi connectivity index (χ0n) is 12.2. The lowest BCUT2D eigenvalue weighted by molar-refractivity contribution is -0.137. The van der Waals surface area contributed by atoms with Crippen molar-refractivity contribution < 1.29 is 18.0 Å². The third-order valence-corrected chi connectivity index (χ3v) is 3.88. The SMILES string of the molecule is CC(NC(=O)c1ccccc1C(F)(F)F)C1CCCNC1.Cl. The van der Waals surface area contributed by atoms with Crippen LogP contribution in [-0.4, -0.2) is 25.0 Å². The van der Waals surface area contributed by atoms with E-state index in [2.05, 4.69) is 10.6 Å². The summed E-state index contributed by atoms with van der Waals surface area (Å²) in [6.07, 6.45) is -2.54. The van der Waals surface area contributed by atoms with Crippen LogP contribution >= 0.6 is 12.4 Å². The molecule has 1 amide bonds. The summed E-state index contributed by atoms with van der Waals surface area (Å²) >= 11 is 0. The summed E-state index contributed by atoms with van der Waals surface area (Å²) in [5.74, 6) is -0.415. The molecular weight excluding hydrogens is 317 g/mol. The summed E-state index contributed by atoms with van der Waals surface area (Å²) in [7, 11) is 0. The molecule has 1 heterocycles. The molecule has 0 radical (unpaired) electrons. The van der Waals surface area contributed by atoms with Crippen LogP contribution < -0.4 is 10.6 Å². The van der Waals surface area contributed by atoms with Gasteiger partial charge in [0.2, 0.25) is 0 Å². The van der Waals surface area contributed by atoms with Crippen LogP contribution in [0.5, 0.6) is 0 Å². The van der Waals surface area contributed by atoms with E-state index in [0.717, 1.165) is 32.0 Å². The van der Waals surface area contributed by atoms with Gasteiger partial charge in [0, 0.05) is 6.04 Å². The normalized spacial score (nSPS) is 19.9. The Labute approximate surface area is 134 Å². The van der Waals surface area contributed by atoms with Crippen molar-refractivity contribution >= 4 is 18.3 Å². The molecule has 1 saturated heterocycles. The molecule has 2 unspecified atom stereocenters. The maximum Gasteiger partial charge on any atom is 0.417 e. The third kappa shape index (κ3) is 4.61. The molecule has 0 aliphatic carbocycles. The van der Waals surface area contributed by atoms with Crippen LogP contribution in [0.25, 0.3) is 0 Å². The lowest BCUT2D eigenvalue weighted by atomic mass is 9.92. The van der Waals surface area contributed by atoms with E-state index in [0.29, 0.717) is 0 Å². The molecule has 124 valence electrons. The first-order valence-electron chi connectivity index (χ1n) is 7.07. The summed E-state index contributed by atoms with van der Waals surface area (Å²) < 4.78 is 38.7. The van der Waals surface area contributed by atoms with Crippen molar-refractivity contribution in [3.05, 3.63) is 35.4 Å². The molecule has 0 aromatic heterocycles. The fourth-order valence-electron chi connectivity index (χ4n) is 2.64. The fourth-order valence-corrected chi connectivity index (χ4v) is 2.64. The predicted molar refractivity (Wildman–Crippen MR) is 81.2 cm³/mol. The van der Waals surface area contributed by atoms with Gasteiger partial charge in [0.25, 0.3) is 5.91 Å². The van der Waals surface area contributed by atoms with Gasteiger partial charge in [-0.3, -0.25) is 4.79 Å². The number of piperidine rings is 1. The fraction of sp³-hybridized carbons (Fsp3) is 0.533. The zero-order chi connectivity index (χ0) is 15.5. The second kappa shape index (κ2) is 7.83. The average molecular weight is 337 g/mol. The highest BCUT2D eigenvalue weighted by Gasteiger charge is 2.35. The summed E-state index contributed by atoms with van der Waals surface area (Å²) in [5, 5.41) is 5.93. The molecule has 0 spiro atoms. The smallest absolute Gasteiger partial charge is 0.349 e. The number of hydrogen-bond donors (Lipinski definition) is 2. The van der Waals surface area contributed by atoms with E-state index in [9.17, 15) is 18.0 Å². The molecule has 1 aromatic rings. The Morgan fingerprint density at radius 2 is 2.05 bits per heavy atom. The van der Waals surface area contributed by atoms with Crippen LogP contribution in [0, 0.1) is 5.92 Å². The first-order chi connectivity index (χ1) is 9.89. The number of nitrogens with one attached hydrogen (secondary N) is 2. The Morgan fingerprint density at radius 1 is 1.36 bits per heavy atom. The number of rotatable bonds is 3. The van der Waals surface area contributed by atoms with Crippen LogP contribution in [0.15, 0.2) is 24.3 Å². The molecule has 1 fully saturated rings. The minimum atomic E-state index is -4.52. The highest BCUT2D eigenvalue weighted by Crippen LogP contribution is 2.31. The number of halogens is 4. The third-order valence-electron chi connectivity index (χ3n) is 3.88. The minimum Gasteiger partial charge on any atom is -0.349 e. The number of hydrogen-bond acceptors (Lipinski definition) is 2. The van der Waals surface area contributed by atoms with E-state index in [4.69, 9.17) is 0 Å². The standard InChI is InChI=1S/C15H19F3N2O.ClH/c1-10(11-5-4-8-19-9-11)20-14(21)12-6-2-3-7-13(12)15(16,17)18;/h2-3,6-7,10-11,19H,4-5,8-9H2,1H3,(H,20,21);1H. The molecule has 0 saturated carbocycles. The summed E-state index contributed by atoms with van der Waals surface area (Å²) in [6.45, 7) is 3.57. The number of benzene rings is 1. The summed E-state index contributed by atoms with van der Waals surface area (Å²) in [5.41, 5.74) is -1.21. The highest BCUT2D eigenvalue weighted by molar-refractivity contribution is 5.96. The van der Waals surface area contributed by atoms with Crippen LogP contribution in [0.1, 0.15) is 35.7 Å². The van der Waals surface area contributed by atoms with Crippen molar-refractivity contribution in [1.82, 2.24) is 10.6 Å². The molecule has 3 nitrogen and oxygen atoms in total. The molecule has 1 aliphatic rings. The molecule has 2 N–H and O–H groups in total. The molecule has 1 aliphatic heterocycles. The number of amides is 1. The van der Waals surface area contributed by atoms with Crippen LogP contribution in [0.4, 0.5) is 13.2 Å². The van der Waals surface area contributed by atoms with Crippen molar-refractivity contribution in [2.24, 2.45) is 5.92 Å².